The number of aromatic nitrogens is 2. The Bertz CT molecular complexity index is 772. The van der Waals surface area contributed by atoms with Crippen molar-refractivity contribution in [2.75, 3.05) is 14.1 Å². The first-order valence-electron chi connectivity index (χ1n) is 9.72. The molecule has 3 rings (SSSR count). The van der Waals surface area contributed by atoms with Crippen molar-refractivity contribution in [3.8, 4) is 0 Å². The number of nitrogens with zero attached hydrogens (tertiary/aromatic N) is 3. The summed E-state index contributed by atoms with van der Waals surface area (Å²) in [6, 6.07) is 0.0277. The molecule has 27 heavy (non-hydrogen) atoms. The van der Waals surface area contributed by atoms with E-state index in [1.165, 1.54) is 0 Å². The van der Waals surface area contributed by atoms with Crippen LogP contribution in [0.15, 0.2) is 29.2 Å². The average molecular weight is 394 g/mol. The zero-order chi connectivity index (χ0) is 19.8. The van der Waals surface area contributed by atoms with Crippen molar-refractivity contribution in [1.29, 1.82) is 0 Å². The highest BCUT2D eigenvalue weighted by molar-refractivity contribution is 6.32. The number of alkyl halides is 1. The maximum absolute atomic E-state index is 15.5. The van der Waals surface area contributed by atoms with Crippen molar-refractivity contribution in [3.63, 3.8) is 0 Å². The fraction of sp³-hybridized carbons (Fsp3) is 0.619. The minimum atomic E-state index is -1.20. The van der Waals surface area contributed by atoms with Gasteiger partial charge in [-0.2, -0.15) is 0 Å². The molecule has 1 unspecified atom stereocenters. The van der Waals surface area contributed by atoms with Crippen molar-refractivity contribution in [2.45, 2.75) is 64.1 Å². The molecule has 0 spiro atoms. The van der Waals surface area contributed by atoms with E-state index in [-0.39, 0.29) is 17.9 Å². The third kappa shape index (κ3) is 3.84. The van der Waals surface area contributed by atoms with Gasteiger partial charge in [-0.3, -0.25) is 4.79 Å². The number of rotatable bonds is 5. The lowest BCUT2D eigenvalue weighted by Gasteiger charge is -2.35. The second-order valence-electron chi connectivity index (χ2n) is 8.07. The first-order chi connectivity index (χ1) is 12.8. The van der Waals surface area contributed by atoms with Crippen LogP contribution in [0.5, 0.6) is 0 Å². The Hall–Kier alpha value is -1.62. The van der Waals surface area contributed by atoms with Crippen LogP contribution in [0.2, 0.25) is 0 Å². The number of amides is 1. The molecule has 0 aromatic carbocycles. The zero-order valence-electron chi connectivity index (χ0n) is 16.6. The van der Waals surface area contributed by atoms with Crippen LogP contribution >= 0.6 is 11.6 Å². The van der Waals surface area contributed by atoms with E-state index < -0.39 is 5.67 Å². The molecule has 0 bridgehead atoms. The Morgan fingerprint density at radius 1 is 1.44 bits per heavy atom. The Kier molecular flexibility index (Phi) is 5.80. The molecule has 0 radical (unpaired) electrons. The predicted molar refractivity (Wildman–Crippen MR) is 107 cm³/mol. The fourth-order valence-electron chi connectivity index (χ4n) is 4.54. The maximum Gasteiger partial charge on any atom is 0.225 e. The minimum Gasteiger partial charge on any atom is -0.349 e. The largest absolute Gasteiger partial charge is 0.349 e. The van der Waals surface area contributed by atoms with Crippen LogP contribution in [-0.4, -0.2) is 40.1 Å². The lowest BCUT2D eigenvalue weighted by atomic mass is 9.76. The number of halogens is 2. The molecule has 148 valence electrons. The van der Waals surface area contributed by atoms with Gasteiger partial charge in [0.15, 0.2) is 0 Å². The Balaban J connectivity index is 1.69. The molecule has 6 heteroatoms. The summed E-state index contributed by atoms with van der Waals surface area (Å²) >= 11 is 6.48. The molecule has 1 fully saturated rings. The van der Waals surface area contributed by atoms with Crippen molar-refractivity contribution >= 4 is 23.1 Å². The first kappa shape index (κ1) is 20.1. The number of carbonyl (C=O) groups excluding carboxylic acids is 1. The van der Waals surface area contributed by atoms with E-state index in [1.54, 1.807) is 19.0 Å². The van der Waals surface area contributed by atoms with Gasteiger partial charge in [-0.1, -0.05) is 17.7 Å². The molecule has 2 aliphatic rings. The molecule has 1 aromatic heterocycles. The van der Waals surface area contributed by atoms with E-state index in [2.05, 4.69) is 16.5 Å². The summed E-state index contributed by atoms with van der Waals surface area (Å²) in [5.41, 5.74) is 2.06. The smallest absolute Gasteiger partial charge is 0.225 e. The van der Waals surface area contributed by atoms with Gasteiger partial charge in [-0.15, -0.1) is 0 Å². The predicted octanol–water partition coefficient (Wildman–Crippen LogP) is 5.12. The lowest BCUT2D eigenvalue weighted by molar-refractivity contribution is -0.135. The monoisotopic (exact) mass is 393 g/mol. The summed E-state index contributed by atoms with van der Waals surface area (Å²) in [4.78, 5) is 18.0. The normalized spacial score (nSPS) is 28.4. The molecule has 4 nitrogen and oxygen atoms in total. The van der Waals surface area contributed by atoms with E-state index >= 15 is 4.39 Å². The highest BCUT2D eigenvalue weighted by atomic mass is 35.5. The fourth-order valence-corrected chi connectivity index (χ4v) is 4.81. The minimum absolute atomic E-state index is 0.0277. The van der Waals surface area contributed by atoms with Crippen molar-refractivity contribution in [2.24, 2.45) is 5.92 Å². The number of hydrogen-bond donors (Lipinski definition) is 0. The molecule has 0 saturated heterocycles. The van der Waals surface area contributed by atoms with Gasteiger partial charge in [0.2, 0.25) is 5.91 Å². The second kappa shape index (κ2) is 7.78. The zero-order valence-corrected chi connectivity index (χ0v) is 17.4. The number of imidazole rings is 1. The second-order valence-corrected chi connectivity index (χ2v) is 8.48. The standard InChI is InChI=1S/C21H29ClFN3O/c1-5-16(22)19-14(2)18-12-24-13-26(18)17(19)8-11-21(23)9-6-15(7-10-21)20(27)25(3)4/h5,12-13,15,17H,6-11H2,1-4H3/b16-5+. The Morgan fingerprint density at radius 2 is 2.11 bits per heavy atom. The summed E-state index contributed by atoms with van der Waals surface area (Å²) in [5, 5.41) is 0.731. The molecule has 0 N–H and O–H groups in total. The average Bonchev–Trinajstić information content (AvgIpc) is 3.22. The SMILES string of the molecule is C/C=C(/Cl)C1=C(C)c2cncn2C1CCC1(F)CCC(C(=O)N(C)C)CC1. The van der Waals surface area contributed by atoms with E-state index in [0.717, 1.165) is 21.9 Å². The molecule has 2 heterocycles. The van der Waals surface area contributed by atoms with Crippen LogP contribution in [0.4, 0.5) is 4.39 Å². The van der Waals surface area contributed by atoms with Crippen molar-refractivity contribution in [1.82, 2.24) is 14.5 Å². The molecule has 1 aliphatic carbocycles. The number of fused-ring (bicyclic) bond motifs is 1. The first-order valence-corrected chi connectivity index (χ1v) is 10.1. The molecular formula is C21H29ClFN3O. The summed E-state index contributed by atoms with van der Waals surface area (Å²) in [6.45, 7) is 3.98. The third-order valence-electron chi connectivity index (χ3n) is 6.17. The summed E-state index contributed by atoms with van der Waals surface area (Å²) in [7, 11) is 3.53. The van der Waals surface area contributed by atoms with Crippen LogP contribution in [0.1, 0.15) is 64.1 Å². The van der Waals surface area contributed by atoms with Crippen molar-refractivity contribution < 1.29 is 9.18 Å². The highest BCUT2D eigenvalue weighted by Gasteiger charge is 2.39. The van der Waals surface area contributed by atoms with E-state index in [9.17, 15) is 4.79 Å². The molecule has 1 aliphatic heterocycles. The van der Waals surface area contributed by atoms with E-state index in [4.69, 9.17) is 11.6 Å². The molecule has 1 atom stereocenters. The topological polar surface area (TPSA) is 38.1 Å². The third-order valence-corrected chi connectivity index (χ3v) is 6.59. The van der Waals surface area contributed by atoms with Crippen LogP contribution in [0.25, 0.3) is 5.57 Å². The molecule has 1 saturated carbocycles. The quantitative estimate of drug-likeness (QED) is 0.696. The summed E-state index contributed by atoms with van der Waals surface area (Å²) in [5.74, 6) is 0.0855. The van der Waals surface area contributed by atoms with Crippen LogP contribution in [0, 0.1) is 5.92 Å². The van der Waals surface area contributed by atoms with Gasteiger partial charge in [0.1, 0.15) is 5.67 Å². The summed E-state index contributed by atoms with van der Waals surface area (Å²) in [6.07, 6.45) is 8.89. The van der Waals surface area contributed by atoms with Crippen LogP contribution < -0.4 is 0 Å². The van der Waals surface area contributed by atoms with Gasteiger partial charge in [0, 0.05) is 25.0 Å². The Labute approximate surface area is 166 Å². The van der Waals surface area contributed by atoms with Gasteiger partial charge in [-0.05, 0) is 63.5 Å². The van der Waals surface area contributed by atoms with Gasteiger partial charge in [0.05, 0.1) is 24.3 Å². The van der Waals surface area contributed by atoms with E-state index in [1.807, 2.05) is 25.5 Å². The molecular weight excluding hydrogens is 365 g/mol. The van der Waals surface area contributed by atoms with Crippen LogP contribution in [-0.2, 0) is 4.79 Å². The molecule has 1 aromatic rings. The van der Waals surface area contributed by atoms with Gasteiger partial charge >= 0.3 is 0 Å². The van der Waals surface area contributed by atoms with Gasteiger partial charge in [0.25, 0.3) is 0 Å². The molecule has 1 amide bonds. The highest BCUT2D eigenvalue weighted by Crippen LogP contribution is 2.46. The maximum atomic E-state index is 15.5. The lowest BCUT2D eigenvalue weighted by Crippen LogP contribution is -2.37. The van der Waals surface area contributed by atoms with Crippen molar-refractivity contribution in [3.05, 3.63) is 34.9 Å². The van der Waals surface area contributed by atoms with Gasteiger partial charge in [-0.25, -0.2) is 9.37 Å². The van der Waals surface area contributed by atoms with Gasteiger partial charge < -0.3 is 9.47 Å². The van der Waals surface area contributed by atoms with E-state index in [0.29, 0.717) is 38.5 Å². The summed E-state index contributed by atoms with van der Waals surface area (Å²) < 4.78 is 17.6. The number of hydrogen-bond acceptors (Lipinski definition) is 2. The number of carbonyl (C=O) groups is 1. The Morgan fingerprint density at radius 3 is 2.70 bits per heavy atom. The van der Waals surface area contributed by atoms with Crippen LogP contribution in [0.3, 0.4) is 0 Å². The number of allylic oxidation sites excluding steroid dienone is 4.